The van der Waals surface area contributed by atoms with Crippen molar-refractivity contribution in [2.75, 3.05) is 25.9 Å². The molecule has 2 aromatic rings. The van der Waals surface area contributed by atoms with Crippen LogP contribution < -0.4 is 9.47 Å². The average molecular weight is 468 g/mol. The highest BCUT2D eigenvalue weighted by molar-refractivity contribution is 7.91. The first kappa shape index (κ1) is 23.3. The SMILES string of the molecule is CC(C)Oc1cc(CN2CCN(C(=O)Oc3cccnc3)CC2S(C)(=O)=O)ccc1Cl. The predicted octanol–water partition coefficient (Wildman–Crippen LogP) is 3.21. The van der Waals surface area contributed by atoms with Crippen LogP contribution in [-0.4, -0.2) is 66.7 Å². The van der Waals surface area contributed by atoms with E-state index in [0.29, 0.717) is 36.2 Å². The van der Waals surface area contributed by atoms with Crippen LogP contribution in [0.4, 0.5) is 4.79 Å². The molecule has 31 heavy (non-hydrogen) atoms. The number of hydrogen-bond acceptors (Lipinski definition) is 7. The Bertz CT molecular complexity index is 1020. The lowest BCUT2D eigenvalue weighted by molar-refractivity contribution is 0.0948. The molecule has 0 aliphatic carbocycles. The lowest BCUT2D eigenvalue weighted by Gasteiger charge is -2.39. The standard InChI is InChI=1S/C21H26ClN3O5S/c1-15(2)29-19-11-16(6-7-18(19)22)13-24-9-10-25(14-20(24)31(3,27)28)21(26)30-17-5-4-8-23-12-17/h4-8,11-12,15,20H,9-10,13-14H2,1-3H3. The topological polar surface area (TPSA) is 89.0 Å². The van der Waals surface area contributed by atoms with Crippen LogP contribution in [-0.2, 0) is 16.4 Å². The molecule has 0 bridgehead atoms. The van der Waals surface area contributed by atoms with Gasteiger partial charge < -0.3 is 14.4 Å². The minimum absolute atomic E-state index is 0.0148. The summed E-state index contributed by atoms with van der Waals surface area (Å²) < 4.78 is 36.1. The predicted molar refractivity (Wildman–Crippen MR) is 118 cm³/mol. The Labute approximate surface area is 187 Å². The van der Waals surface area contributed by atoms with Crippen molar-refractivity contribution in [3.05, 3.63) is 53.3 Å². The summed E-state index contributed by atoms with van der Waals surface area (Å²) in [6.45, 7) is 4.94. The van der Waals surface area contributed by atoms with Crippen molar-refractivity contribution in [1.82, 2.24) is 14.8 Å². The Kier molecular flexibility index (Phi) is 7.40. The average Bonchev–Trinajstić information content (AvgIpc) is 2.70. The fourth-order valence-electron chi connectivity index (χ4n) is 3.34. The van der Waals surface area contributed by atoms with Gasteiger partial charge in [-0.25, -0.2) is 13.2 Å². The highest BCUT2D eigenvalue weighted by Crippen LogP contribution is 2.28. The Hall–Kier alpha value is -2.36. The van der Waals surface area contributed by atoms with Gasteiger partial charge in [0.15, 0.2) is 15.6 Å². The minimum Gasteiger partial charge on any atom is -0.489 e. The maximum atomic E-state index is 12.5. The van der Waals surface area contributed by atoms with E-state index in [0.717, 1.165) is 5.56 Å². The zero-order valence-electron chi connectivity index (χ0n) is 17.7. The molecule has 168 valence electrons. The Morgan fingerprint density at radius 1 is 1.29 bits per heavy atom. The molecule has 1 aromatic heterocycles. The van der Waals surface area contributed by atoms with Gasteiger partial charge >= 0.3 is 6.09 Å². The number of amides is 1. The van der Waals surface area contributed by atoms with Crippen molar-refractivity contribution >= 4 is 27.5 Å². The third kappa shape index (κ3) is 6.32. The first-order valence-electron chi connectivity index (χ1n) is 9.88. The number of benzene rings is 1. The van der Waals surface area contributed by atoms with Crippen LogP contribution in [0.3, 0.4) is 0 Å². The van der Waals surface area contributed by atoms with Crippen LogP contribution >= 0.6 is 11.6 Å². The number of rotatable bonds is 6. The summed E-state index contributed by atoms with van der Waals surface area (Å²) in [5, 5.41) is -0.354. The van der Waals surface area contributed by atoms with Crippen molar-refractivity contribution in [3.8, 4) is 11.5 Å². The van der Waals surface area contributed by atoms with Crippen molar-refractivity contribution in [2.45, 2.75) is 31.9 Å². The van der Waals surface area contributed by atoms with Crippen molar-refractivity contribution < 1.29 is 22.7 Å². The molecular weight excluding hydrogens is 442 g/mol. The molecule has 1 aromatic carbocycles. The second kappa shape index (κ2) is 9.84. The number of hydrogen-bond donors (Lipinski definition) is 0. The van der Waals surface area contributed by atoms with E-state index in [1.807, 2.05) is 30.9 Å². The third-order valence-corrected chi connectivity index (χ3v) is 6.52. The monoisotopic (exact) mass is 467 g/mol. The normalized spacial score (nSPS) is 17.6. The van der Waals surface area contributed by atoms with Gasteiger partial charge in [-0.1, -0.05) is 17.7 Å². The van der Waals surface area contributed by atoms with Gasteiger partial charge in [0.05, 0.1) is 23.9 Å². The lowest BCUT2D eigenvalue weighted by Crippen LogP contribution is -2.57. The highest BCUT2D eigenvalue weighted by atomic mass is 35.5. The zero-order valence-corrected chi connectivity index (χ0v) is 19.3. The molecule has 1 aliphatic heterocycles. The quantitative estimate of drug-likeness (QED) is 0.644. The molecule has 1 amide bonds. The van der Waals surface area contributed by atoms with Crippen LogP contribution in [0.5, 0.6) is 11.5 Å². The first-order chi connectivity index (χ1) is 14.6. The van der Waals surface area contributed by atoms with Crippen molar-refractivity contribution in [3.63, 3.8) is 0 Å². The molecule has 0 N–H and O–H groups in total. The van der Waals surface area contributed by atoms with E-state index in [1.54, 1.807) is 24.4 Å². The number of ether oxygens (including phenoxy) is 2. The Balaban J connectivity index is 1.73. The van der Waals surface area contributed by atoms with Crippen LogP contribution in [0.15, 0.2) is 42.7 Å². The van der Waals surface area contributed by atoms with Gasteiger partial charge in [-0.3, -0.25) is 9.88 Å². The molecule has 10 heteroatoms. The van der Waals surface area contributed by atoms with E-state index in [9.17, 15) is 13.2 Å². The van der Waals surface area contributed by atoms with Crippen molar-refractivity contribution in [1.29, 1.82) is 0 Å². The number of carbonyl (C=O) groups excluding carboxylic acids is 1. The summed E-state index contributed by atoms with van der Waals surface area (Å²) in [4.78, 5) is 19.7. The molecule has 0 saturated carbocycles. The molecule has 0 radical (unpaired) electrons. The number of sulfone groups is 1. The van der Waals surface area contributed by atoms with E-state index >= 15 is 0 Å². The van der Waals surface area contributed by atoms with E-state index in [4.69, 9.17) is 21.1 Å². The smallest absolute Gasteiger partial charge is 0.415 e. The van der Waals surface area contributed by atoms with Crippen molar-refractivity contribution in [2.24, 2.45) is 0 Å². The van der Waals surface area contributed by atoms with Gasteiger partial charge in [0.25, 0.3) is 0 Å². The number of nitrogens with zero attached hydrogens (tertiary/aromatic N) is 3. The van der Waals surface area contributed by atoms with Gasteiger partial charge in [-0.2, -0.15) is 0 Å². The highest BCUT2D eigenvalue weighted by Gasteiger charge is 2.36. The summed E-state index contributed by atoms with van der Waals surface area (Å²) in [6.07, 6.45) is 3.55. The summed E-state index contributed by atoms with van der Waals surface area (Å²) in [5.74, 6) is 0.869. The van der Waals surface area contributed by atoms with Gasteiger partial charge in [0.2, 0.25) is 0 Å². The number of halogens is 1. The van der Waals surface area contributed by atoms with Gasteiger partial charge in [-0.15, -0.1) is 0 Å². The molecule has 3 rings (SSSR count). The largest absolute Gasteiger partial charge is 0.489 e. The molecule has 1 aliphatic rings. The molecule has 1 atom stereocenters. The number of piperazine rings is 1. The number of pyridine rings is 1. The molecule has 1 unspecified atom stereocenters. The van der Waals surface area contributed by atoms with E-state index in [-0.39, 0.29) is 12.6 Å². The number of carbonyl (C=O) groups is 1. The summed E-state index contributed by atoms with van der Waals surface area (Å²) in [6, 6.07) is 8.68. The fraction of sp³-hybridized carbons (Fsp3) is 0.429. The van der Waals surface area contributed by atoms with Crippen LogP contribution in [0.2, 0.25) is 5.02 Å². The van der Waals surface area contributed by atoms with Crippen LogP contribution in [0, 0.1) is 0 Å². The second-order valence-corrected chi connectivity index (χ2v) is 10.3. The number of aromatic nitrogens is 1. The molecule has 8 nitrogen and oxygen atoms in total. The van der Waals surface area contributed by atoms with E-state index in [2.05, 4.69) is 4.98 Å². The van der Waals surface area contributed by atoms with Gasteiger partial charge in [-0.05, 0) is 43.7 Å². The molecule has 1 saturated heterocycles. The zero-order chi connectivity index (χ0) is 22.6. The molecule has 2 heterocycles. The summed E-state index contributed by atoms with van der Waals surface area (Å²) >= 11 is 6.21. The Morgan fingerprint density at radius 2 is 2.06 bits per heavy atom. The van der Waals surface area contributed by atoms with Crippen LogP contribution in [0.25, 0.3) is 0 Å². The lowest BCUT2D eigenvalue weighted by atomic mass is 10.2. The molecule has 0 spiro atoms. The second-order valence-electron chi connectivity index (χ2n) is 7.69. The van der Waals surface area contributed by atoms with E-state index in [1.165, 1.54) is 17.4 Å². The van der Waals surface area contributed by atoms with Gasteiger partial charge in [0, 0.05) is 32.1 Å². The first-order valence-corrected chi connectivity index (χ1v) is 12.2. The molecular formula is C21H26ClN3O5S. The van der Waals surface area contributed by atoms with E-state index < -0.39 is 21.3 Å². The summed E-state index contributed by atoms with van der Waals surface area (Å²) in [7, 11) is -3.46. The minimum atomic E-state index is -3.46. The maximum absolute atomic E-state index is 12.5. The Morgan fingerprint density at radius 3 is 2.71 bits per heavy atom. The fourth-order valence-corrected chi connectivity index (χ4v) is 4.67. The maximum Gasteiger partial charge on any atom is 0.415 e. The van der Waals surface area contributed by atoms with Gasteiger partial charge in [0.1, 0.15) is 11.1 Å². The molecule has 1 fully saturated rings. The van der Waals surface area contributed by atoms with Crippen LogP contribution in [0.1, 0.15) is 19.4 Å². The summed E-state index contributed by atoms with van der Waals surface area (Å²) in [5.41, 5.74) is 0.875. The third-order valence-electron chi connectivity index (χ3n) is 4.78.